The Kier molecular flexibility index (Phi) is 5.26. The van der Waals surface area contributed by atoms with Crippen LogP contribution in [0.5, 0.6) is 0 Å². The average Bonchev–Trinajstić information content (AvgIpc) is 2.18. The van der Waals surface area contributed by atoms with E-state index in [1.165, 1.54) is 12.8 Å². The summed E-state index contributed by atoms with van der Waals surface area (Å²) < 4.78 is 5.68. The van der Waals surface area contributed by atoms with Crippen molar-refractivity contribution >= 4 is 5.78 Å². The highest BCUT2D eigenvalue weighted by molar-refractivity contribution is 5.76. The van der Waals surface area contributed by atoms with Crippen LogP contribution in [0, 0.1) is 0 Å². The zero-order chi connectivity index (χ0) is 11.3. The van der Waals surface area contributed by atoms with Crippen LogP contribution in [0.1, 0.15) is 39.5 Å². The number of nitrogens with zero attached hydrogens (tertiary/aromatic N) is 1. The van der Waals surface area contributed by atoms with Crippen molar-refractivity contribution in [1.29, 1.82) is 0 Å². The standard InChI is InChI=1S/C12H23NO2/c1-10(8-11(2)14)13(3)9-12-6-4-5-7-15-12/h10,12H,4-9H2,1-3H3. The van der Waals surface area contributed by atoms with Crippen molar-refractivity contribution in [2.45, 2.75) is 51.7 Å². The minimum absolute atomic E-state index is 0.263. The fourth-order valence-corrected chi connectivity index (χ4v) is 2.02. The van der Waals surface area contributed by atoms with Gasteiger partial charge in [-0.3, -0.25) is 4.79 Å². The van der Waals surface area contributed by atoms with Crippen LogP contribution in [-0.4, -0.2) is 43.0 Å². The molecule has 0 bridgehead atoms. The number of carbonyl (C=O) groups excluding carboxylic acids is 1. The first kappa shape index (κ1) is 12.7. The van der Waals surface area contributed by atoms with E-state index in [0.29, 0.717) is 18.6 Å². The number of hydrogen-bond acceptors (Lipinski definition) is 3. The van der Waals surface area contributed by atoms with E-state index in [1.807, 2.05) is 0 Å². The predicted molar refractivity (Wildman–Crippen MR) is 61.0 cm³/mol. The summed E-state index contributed by atoms with van der Waals surface area (Å²) in [5, 5.41) is 0. The van der Waals surface area contributed by atoms with Gasteiger partial charge in [-0.05, 0) is 40.2 Å². The van der Waals surface area contributed by atoms with Crippen LogP contribution in [0.25, 0.3) is 0 Å². The van der Waals surface area contributed by atoms with Gasteiger partial charge in [-0.25, -0.2) is 0 Å². The van der Waals surface area contributed by atoms with E-state index in [2.05, 4.69) is 18.9 Å². The summed E-state index contributed by atoms with van der Waals surface area (Å²) in [4.78, 5) is 13.2. The van der Waals surface area contributed by atoms with Gasteiger partial charge in [0.25, 0.3) is 0 Å². The van der Waals surface area contributed by atoms with Crippen LogP contribution >= 0.6 is 0 Å². The second-order valence-electron chi connectivity index (χ2n) is 4.68. The van der Waals surface area contributed by atoms with Gasteiger partial charge >= 0.3 is 0 Å². The summed E-state index contributed by atoms with van der Waals surface area (Å²) in [5.74, 6) is 0.263. The molecule has 15 heavy (non-hydrogen) atoms. The number of ketones is 1. The van der Waals surface area contributed by atoms with Crippen LogP contribution < -0.4 is 0 Å². The molecule has 88 valence electrons. The zero-order valence-electron chi connectivity index (χ0n) is 10.2. The molecule has 1 rings (SSSR count). The number of likely N-dealkylation sites (N-methyl/N-ethyl adjacent to an activating group) is 1. The molecule has 0 aromatic heterocycles. The molecule has 3 nitrogen and oxygen atoms in total. The molecule has 0 amide bonds. The molecule has 2 atom stereocenters. The van der Waals surface area contributed by atoms with Gasteiger partial charge in [0.1, 0.15) is 5.78 Å². The molecule has 1 aliphatic heterocycles. The van der Waals surface area contributed by atoms with Gasteiger partial charge in [0.15, 0.2) is 0 Å². The van der Waals surface area contributed by atoms with E-state index >= 15 is 0 Å². The SMILES string of the molecule is CC(=O)CC(C)N(C)CC1CCCCO1. The first-order chi connectivity index (χ1) is 7.09. The Bertz CT molecular complexity index is 200. The van der Waals surface area contributed by atoms with Crippen LogP contribution in [-0.2, 0) is 9.53 Å². The zero-order valence-corrected chi connectivity index (χ0v) is 10.2. The van der Waals surface area contributed by atoms with Crippen LogP contribution in [0.4, 0.5) is 0 Å². The number of carbonyl (C=O) groups is 1. The minimum Gasteiger partial charge on any atom is -0.377 e. The molecule has 3 heteroatoms. The molecule has 1 heterocycles. The van der Waals surface area contributed by atoms with Crippen molar-refractivity contribution in [3.63, 3.8) is 0 Å². The van der Waals surface area contributed by atoms with Gasteiger partial charge in [-0.2, -0.15) is 0 Å². The molecule has 1 fully saturated rings. The smallest absolute Gasteiger partial charge is 0.131 e. The average molecular weight is 213 g/mol. The number of hydrogen-bond donors (Lipinski definition) is 0. The topological polar surface area (TPSA) is 29.5 Å². The highest BCUT2D eigenvalue weighted by atomic mass is 16.5. The lowest BCUT2D eigenvalue weighted by atomic mass is 10.1. The van der Waals surface area contributed by atoms with Crippen molar-refractivity contribution in [1.82, 2.24) is 4.90 Å². The molecule has 0 N–H and O–H groups in total. The highest BCUT2D eigenvalue weighted by Crippen LogP contribution is 2.14. The molecular weight excluding hydrogens is 190 g/mol. The Morgan fingerprint density at radius 3 is 2.80 bits per heavy atom. The fraction of sp³-hybridized carbons (Fsp3) is 0.917. The van der Waals surface area contributed by atoms with Crippen LogP contribution in [0.3, 0.4) is 0 Å². The lowest BCUT2D eigenvalue weighted by molar-refractivity contribution is -0.118. The number of rotatable bonds is 5. The van der Waals surface area contributed by atoms with Crippen molar-refractivity contribution in [3.05, 3.63) is 0 Å². The molecule has 1 saturated heterocycles. The third-order valence-electron chi connectivity index (χ3n) is 3.10. The van der Waals surface area contributed by atoms with Crippen molar-refractivity contribution in [2.24, 2.45) is 0 Å². The summed E-state index contributed by atoms with van der Waals surface area (Å²) in [7, 11) is 2.07. The largest absolute Gasteiger partial charge is 0.377 e. The predicted octanol–water partition coefficient (Wildman–Crippen LogP) is 1.85. The van der Waals surface area contributed by atoms with Gasteiger partial charge in [0.2, 0.25) is 0 Å². The van der Waals surface area contributed by atoms with Gasteiger partial charge in [0.05, 0.1) is 6.10 Å². The quantitative estimate of drug-likeness (QED) is 0.698. The van der Waals surface area contributed by atoms with E-state index < -0.39 is 0 Å². The number of Topliss-reactive ketones (excluding diaryl/α,β-unsaturated/α-hetero) is 1. The fourth-order valence-electron chi connectivity index (χ4n) is 2.02. The van der Waals surface area contributed by atoms with Gasteiger partial charge in [-0.1, -0.05) is 0 Å². The summed E-state index contributed by atoms with van der Waals surface area (Å²) in [6, 6.07) is 0.327. The Labute approximate surface area is 92.8 Å². The lowest BCUT2D eigenvalue weighted by Gasteiger charge is -2.30. The normalized spacial score (nSPS) is 24.1. The Balaban J connectivity index is 2.26. The van der Waals surface area contributed by atoms with Crippen molar-refractivity contribution < 1.29 is 9.53 Å². The second-order valence-corrected chi connectivity index (χ2v) is 4.68. The molecule has 0 aromatic rings. The third kappa shape index (κ3) is 4.76. The van der Waals surface area contributed by atoms with E-state index in [0.717, 1.165) is 19.6 Å². The summed E-state index contributed by atoms with van der Waals surface area (Å²) in [6.07, 6.45) is 4.65. The second kappa shape index (κ2) is 6.23. The van der Waals surface area contributed by atoms with Gasteiger partial charge in [-0.15, -0.1) is 0 Å². The molecule has 0 radical (unpaired) electrons. The minimum atomic E-state index is 0.263. The summed E-state index contributed by atoms with van der Waals surface area (Å²) >= 11 is 0. The molecule has 0 spiro atoms. The highest BCUT2D eigenvalue weighted by Gasteiger charge is 2.19. The summed E-state index contributed by atoms with van der Waals surface area (Å²) in [5.41, 5.74) is 0. The first-order valence-corrected chi connectivity index (χ1v) is 5.91. The molecule has 2 unspecified atom stereocenters. The maximum absolute atomic E-state index is 11.0. The molecule has 0 aliphatic carbocycles. The molecule has 0 saturated carbocycles. The molecule has 1 aliphatic rings. The van der Waals surface area contributed by atoms with E-state index in [4.69, 9.17) is 4.74 Å². The molecule has 0 aromatic carbocycles. The summed E-state index contributed by atoms with van der Waals surface area (Å²) in [6.45, 7) is 5.61. The maximum atomic E-state index is 11.0. The van der Waals surface area contributed by atoms with Gasteiger partial charge in [0, 0.05) is 25.6 Å². The third-order valence-corrected chi connectivity index (χ3v) is 3.10. The van der Waals surface area contributed by atoms with Crippen molar-refractivity contribution in [3.8, 4) is 0 Å². The Morgan fingerprint density at radius 2 is 2.27 bits per heavy atom. The van der Waals surface area contributed by atoms with Crippen LogP contribution in [0.15, 0.2) is 0 Å². The Hall–Kier alpha value is -0.410. The number of ether oxygens (including phenoxy) is 1. The Morgan fingerprint density at radius 1 is 1.53 bits per heavy atom. The monoisotopic (exact) mass is 213 g/mol. The van der Waals surface area contributed by atoms with E-state index in [-0.39, 0.29) is 5.78 Å². The lowest BCUT2D eigenvalue weighted by Crippen LogP contribution is -2.39. The maximum Gasteiger partial charge on any atom is 0.131 e. The van der Waals surface area contributed by atoms with E-state index in [1.54, 1.807) is 6.92 Å². The van der Waals surface area contributed by atoms with Crippen molar-refractivity contribution in [2.75, 3.05) is 20.2 Å². The van der Waals surface area contributed by atoms with Gasteiger partial charge < -0.3 is 9.64 Å². The van der Waals surface area contributed by atoms with E-state index in [9.17, 15) is 4.79 Å². The molecular formula is C12H23NO2. The first-order valence-electron chi connectivity index (χ1n) is 5.91. The van der Waals surface area contributed by atoms with Crippen LogP contribution in [0.2, 0.25) is 0 Å².